The van der Waals surface area contributed by atoms with Gasteiger partial charge in [-0.3, -0.25) is 9.52 Å². The summed E-state index contributed by atoms with van der Waals surface area (Å²) in [5, 5.41) is 13.4. The highest BCUT2D eigenvalue weighted by atomic mass is 32.2. The maximum Gasteiger partial charge on any atom is 0.421 e. The molecule has 0 aliphatic heterocycles. The molecule has 0 aliphatic rings. The predicted octanol–water partition coefficient (Wildman–Crippen LogP) is 4.92. The molecule has 2 unspecified atom stereocenters. The van der Waals surface area contributed by atoms with Gasteiger partial charge in [0.2, 0.25) is 10.0 Å². The number of alkyl halides is 3. The zero-order valence-electron chi connectivity index (χ0n) is 19.3. The molecule has 0 saturated heterocycles. The van der Waals surface area contributed by atoms with E-state index < -0.39 is 39.6 Å². The van der Waals surface area contributed by atoms with E-state index in [1.807, 2.05) is 0 Å². The van der Waals surface area contributed by atoms with Crippen LogP contribution in [0.25, 0.3) is 10.8 Å². The molecular formula is C24H24F4N2O4S. The number of amides is 1. The van der Waals surface area contributed by atoms with Crippen molar-refractivity contribution >= 4 is 32.4 Å². The molecule has 35 heavy (non-hydrogen) atoms. The fourth-order valence-corrected chi connectivity index (χ4v) is 4.18. The number of carbonyl (C=O) groups is 1. The highest BCUT2D eigenvalue weighted by molar-refractivity contribution is 7.92. The Morgan fingerprint density at radius 2 is 1.63 bits per heavy atom. The minimum Gasteiger partial charge on any atom is -0.376 e. The topological polar surface area (TPSA) is 95.5 Å². The summed E-state index contributed by atoms with van der Waals surface area (Å²) in [5.41, 5.74) is -2.46. The number of sulfonamides is 1. The molecule has 0 aromatic heterocycles. The minimum atomic E-state index is -4.86. The van der Waals surface area contributed by atoms with Gasteiger partial charge in [-0.25, -0.2) is 12.8 Å². The monoisotopic (exact) mass is 512 g/mol. The van der Waals surface area contributed by atoms with Crippen LogP contribution in [0.4, 0.5) is 23.2 Å². The van der Waals surface area contributed by atoms with E-state index in [1.165, 1.54) is 36.4 Å². The van der Waals surface area contributed by atoms with Gasteiger partial charge in [-0.15, -0.1) is 0 Å². The van der Waals surface area contributed by atoms with Gasteiger partial charge in [0.1, 0.15) is 5.82 Å². The van der Waals surface area contributed by atoms with Gasteiger partial charge in [0.15, 0.2) is 5.60 Å². The third-order valence-electron chi connectivity index (χ3n) is 5.67. The van der Waals surface area contributed by atoms with Gasteiger partial charge in [0, 0.05) is 11.1 Å². The summed E-state index contributed by atoms with van der Waals surface area (Å²) in [5.74, 6) is -1.25. The maximum atomic E-state index is 14.6. The summed E-state index contributed by atoms with van der Waals surface area (Å²) in [4.78, 5) is 12.8. The number of aliphatic hydroxyl groups is 1. The highest BCUT2D eigenvalue weighted by Crippen LogP contribution is 2.39. The van der Waals surface area contributed by atoms with E-state index in [-0.39, 0.29) is 22.4 Å². The Hall–Kier alpha value is -3.18. The van der Waals surface area contributed by atoms with E-state index in [4.69, 9.17) is 0 Å². The van der Waals surface area contributed by atoms with Crippen LogP contribution in [0.5, 0.6) is 0 Å². The number of hydrogen-bond acceptors (Lipinski definition) is 4. The Kier molecular flexibility index (Phi) is 6.89. The number of rotatable bonds is 6. The molecule has 1 amide bonds. The molecule has 0 saturated carbocycles. The molecule has 0 bridgehead atoms. The summed E-state index contributed by atoms with van der Waals surface area (Å²) in [7, 11) is -3.60. The van der Waals surface area contributed by atoms with E-state index >= 15 is 0 Å². The Bertz CT molecular complexity index is 1400. The van der Waals surface area contributed by atoms with Crippen molar-refractivity contribution in [3.8, 4) is 0 Å². The van der Waals surface area contributed by atoms with Crippen molar-refractivity contribution in [3.63, 3.8) is 0 Å². The first-order valence-corrected chi connectivity index (χ1v) is 12.3. The second-order valence-corrected chi connectivity index (χ2v) is 10.4. The molecule has 188 valence electrons. The minimum absolute atomic E-state index is 0.0886. The number of anilines is 1. The van der Waals surface area contributed by atoms with Crippen LogP contribution >= 0.6 is 0 Å². The zero-order chi connectivity index (χ0) is 26.3. The lowest BCUT2D eigenvalue weighted by Crippen LogP contribution is -2.39. The summed E-state index contributed by atoms with van der Waals surface area (Å²) in [6, 6.07) is 9.78. The van der Waals surface area contributed by atoms with Gasteiger partial charge in [0.05, 0.1) is 18.0 Å². The number of hydrogen-bond donors (Lipinski definition) is 3. The Morgan fingerprint density at radius 3 is 2.23 bits per heavy atom. The molecule has 11 heteroatoms. The van der Waals surface area contributed by atoms with Crippen molar-refractivity contribution in [1.29, 1.82) is 0 Å². The zero-order valence-corrected chi connectivity index (χ0v) is 20.1. The van der Waals surface area contributed by atoms with Crippen molar-refractivity contribution < 1.29 is 35.9 Å². The lowest BCUT2D eigenvalue weighted by atomic mass is 9.92. The SMILES string of the molecule is Cc1cc(C(C)NC(=O)c2ccc3cc(C(C)(O)C(F)(F)F)ccc3c2)c(F)cc1NS(C)(=O)=O. The van der Waals surface area contributed by atoms with Gasteiger partial charge < -0.3 is 10.4 Å². The molecule has 0 spiro atoms. The second kappa shape index (κ2) is 9.12. The molecule has 0 aliphatic carbocycles. The average Bonchev–Trinajstić information content (AvgIpc) is 2.73. The van der Waals surface area contributed by atoms with Crippen LogP contribution in [-0.4, -0.2) is 31.9 Å². The molecule has 6 nitrogen and oxygen atoms in total. The molecule has 3 aromatic rings. The van der Waals surface area contributed by atoms with Crippen LogP contribution in [0.1, 0.15) is 46.9 Å². The molecule has 3 aromatic carbocycles. The Labute approximate surface area is 200 Å². The van der Waals surface area contributed by atoms with E-state index in [0.29, 0.717) is 23.3 Å². The molecule has 0 fully saturated rings. The van der Waals surface area contributed by atoms with Crippen LogP contribution < -0.4 is 10.0 Å². The fraction of sp³-hybridized carbons (Fsp3) is 0.292. The first kappa shape index (κ1) is 26.4. The summed E-state index contributed by atoms with van der Waals surface area (Å²) < 4.78 is 79.2. The van der Waals surface area contributed by atoms with Crippen LogP contribution in [0, 0.1) is 12.7 Å². The quantitative estimate of drug-likeness (QED) is 0.409. The van der Waals surface area contributed by atoms with Crippen molar-refractivity contribution in [3.05, 3.63) is 76.6 Å². The van der Waals surface area contributed by atoms with E-state index in [9.17, 15) is 35.9 Å². The fourth-order valence-electron chi connectivity index (χ4n) is 3.56. The smallest absolute Gasteiger partial charge is 0.376 e. The van der Waals surface area contributed by atoms with Gasteiger partial charge in [-0.05, 0) is 73.0 Å². The van der Waals surface area contributed by atoms with Crippen molar-refractivity contribution in [2.45, 2.75) is 38.6 Å². The number of fused-ring (bicyclic) bond motifs is 1. The Morgan fingerprint density at radius 1 is 1.03 bits per heavy atom. The molecule has 0 heterocycles. The van der Waals surface area contributed by atoms with Gasteiger partial charge in [-0.2, -0.15) is 13.2 Å². The molecule has 3 rings (SSSR count). The van der Waals surface area contributed by atoms with Crippen LogP contribution in [0.3, 0.4) is 0 Å². The van der Waals surface area contributed by atoms with Crippen molar-refractivity contribution in [1.82, 2.24) is 5.32 Å². The largest absolute Gasteiger partial charge is 0.421 e. The average molecular weight is 513 g/mol. The molecule has 2 atom stereocenters. The van der Waals surface area contributed by atoms with Crippen molar-refractivity contribution in [2.75, 3.05) is 11.0 Å². The first-order chi connectivity index (χ1) is 16.0. The number of nitrogens with one attached hydrogen (secondary N) is 2. The summed E-state index contributed by atoms with van der Waals surface area (Å²) in [6.07, 6.45) is -3.91. The van der Waals surface area contributed by atoms with Gasteiger partial charge in [0.25, 0.3) is 5.91 Å². The van der Waals surface area contributed by atoms with E-state index in [1.54, 1.807) is 13.8 Å². The van der Waals surface area contributed by atoms with Crippen LogP contribution in [0.15, 0.2) is 48.5 Å². The summed E-state index contributed by atoms with van der Waals surface area (Å²) >= 11 is 0. The van der Waals surface area contributed by atoms with E-state index in [2.05, 4.69) is 10.0 Å². The lowest BCUT2D eigenvalue weighted by Gasteiger charge is -2.27. The lowest BCUT2D eigenvalue weighted by molar-refractivity contribution is -0.258. The van der Waals surface area contributed by atoms with Gasteiger partial charge in [-0.1, -0.05) is 18.2 Å². The highest BCUT2D eigenvalue weighted by Gasteiger charge is 2.51. The predicted molar refractivity (Wildman–Crippen MR) is 125 cm³/mol. The van der Waals surface area contributed by atoms with Crippen molar-refractivity contribution in [2.24, 2.45) is 0 Å². The van der Waals surface area contributed by atoms with Gasteiger partial charge >= 0.3 is 6.18 Å². The number of carbonyl (C=O) groups excluding carboxylic acids is 1. The Balaban J connectivity index is 1.83. The normalized spacial score (nSPS) is 14.9. The van der Waals surface area contributed by atoms with Crippen LogP contribution in [0.2, 0.25) is 0 Å². The van der Waals surface area contributed by atoms with E-state index in [0.717, 1.165) is 18.4 Å². The maximum absolute atomic E-state index is 14.6. The molecule has 0 radical (unpaired) electrons. The molecule has 3 N–H and O–H groups in total. The standard InChI is InChI=1S/C24H24F4N2O4S/c1-13-9-19(20(25)12-21(13)30-35(4,33)34)14(2)29-22(31)17-6-5-16-11-18(8-7-15(16)10-17)23(3,32)24(26,27)28/h5-12,14,30,32H,1-4H3,(H,29,31). The number of benzene rings is 3. The van der Waals surface area contributed by atoms with Crippen LogP contribution in [-0.2, 0) is 15.6 Å². The number of halogens is 4. The molecular weight excluding hydrogens is 488 g/mol. The number of aryl methyl sites for hydroxylation is 1. The summed E-state index contributed by atoms with van der Waals surface area (Å²) in [6.45, 7) is 3.83. The first-order valence-electron chi connectivity index (χ1n) is 10.4. The third-order valence-corrected chi connectivity index (χ3v) is 6.26. The second-order valence-electron chi connectivity index (χ2n) is 8.60. The third kappa shape index (κ3) is 5.73.